The number of carbonyl (C=O) groups excluding carboxylic acids is 1. The van der Waals surface area contributed by atoms with E-state index in [2.05, 4.69) is 33.2 Å². The topological polar surface area (TPSA) is 84.1 Å². The van der Waals surface area contributed by atoms with Crippen molar-refractivity contribution < 1.29 is 9.28 Å². The predicted octanol–water partition coefficient (Wildman–Crippen LogP) is 2.04. The van der Waals surface area contributed by atoms with Crippen molar-refractivity contribution >= 4 is 17.7 Å². The van der Waals surface area contributed by atoms with E-state index >= 15 is 0 Å². The number of hydrogen-bond donors (Lipinski definition) is 2. The summed E-state index contributed by atoms with van der Waals surface area (Å²) < 4.78 is -0.0361. The highest BCUT2D eigenvalue weighted by Crippen LogP contribution is 2.30. The third-order valence-corrected chi connectivity index (χ3v) is 4.99. The summed E-state index contributed by atoms with van der Waals surface area (Å²) in [5.41, 5.74) is 10.6. The van der Waals surface area contributed by atoms with Gasteiger partial charge in [-0.05, 0) is 36.8 Å². The molecule has 1 unspecified atom stereocenters. The summed E-state index contributed by atoms with van der Waals surface area (Å²) >= 11 is 0. The standard InChI is InChI=1S/C17H19N5O/c1-22(16(23)14-15(20-10-19-14)21-17(22)18)9-12-7-4-6-11-5-2-3-8-13(11)12/h4,6-7,10H,2-3,5,8-9H2,1H3,(H2-,18,19,20,21,23)/p+1. The molecule has 1 aliphatic carbocycles. The van der Waals surface area contributed by atoms with Crippen LogP contribution in [-0.4, -0.2) is 33.4 Å². The Morgan fingerprint density at radius 1 is 1.30 bits per heavy atom. The first-order chi connectivity index (χ1) is 11.1. The third kappa shape index (κ3) is 2.09. The average molecular weight is 310 g/mol. The number of benzene rings is 1. The average Bonchev–Trinajstić information content (AvgIpc) is 3.02. The van der Waals surface area contributed by atoms with Crippen LogP contribution >= 0.6 is 0 Å². The minimum absolute atomic E-state index is 0.0361. The molecule has 3 N–H and O–H groups in total. The number of fused-ring (bicyclic) bond motifs is 2. The number of nitrogens with two attached hydrogens (primary N) is 1. The van der Waals surface area contributed by atoms with Crippen molar-refractivity contribution in [3.05, 3.63) is 46.9 Å². The lowest BCUT2D eigenvalue weighted by atomic mass is 9.88. The van der Waals surface area contributed by atoms with Crippen LogP contribution in [0.1, 0.15) is 40.0 Å². The van der Waals surface area contributed by atoms with E-state index in [1.807, 2.05) is 7.05 Å². The number of guanidine groups is 1. The summed E-state index contributed by atoms with van der Waals surface area (Å²) in [7, 11) is 1.83. The zero-order valence-electron chi connectivity index (χ0n) is 13.2. The molecule has 0 fully saturated rings. The molecular formula is C17H20N5O+. The Labute approximate surface area is 134 Å². The van der Waals surface area contributed by atoms with Gasteiger partial charge in [-0.2, -0.15) is 9.48 Å². The van der Waals surface area contributed by atoms with Crippen molar-refractivity contribution in [2.45, 2.75) is 32.2 Å². The van der Waals surface area contributed by atoms with Crippen molar-refractivity contribution in [1.82, 2.24) is 9.97 Å². The van der Waals surface area contributed by atoms with E-state index in [-0.39, 0.29) is 10.4 Å². The number of rotatable bonds is 2. The fraction of sp³-hybridized carbons (Fsp3) is 0.353. The van der Waals surface area contributed by atoms with Gasteiger partial charge in [0, 0.05) is 5.56 Å². The number of aliphatic imine (C=N–C) groups is 1. The van der Waals surface area contributed by atoms with Crippen molar-refractivity contribution in [1.29, 1.82) is 0 Å². The van der Waals surface area contributed by atoms with Gasteiger partial charge in [-0.25, -0.2) is 9.78 Å². The Hall–Kier alpha value is -2.47. The quantitative estimate of drug-likeness (QED) is 0.832. The number of nitrogens with one attached hydrogen (secondary N) is 1. The van der Waals surface area contributed by atoms with E-state index in [0.29, 0.717) is 24.0 Å². The second-order valence-electron chi connectivity index (χ2n) is 6.49. The highest BCUT2D eigenvalue weighted by molar-refractivity contribution is 6.01. The molecule has 1 aliphatic heterocycles. The van der Waals surface area contributed by atoms with Crippen LogP contribution in [0.5, 0.6) is 0 Å². The van der Waals surface area contributed by atoms with E-state index < -0.39 is 0 Å². The molecule has 1 aromatic heterocycles. The molecule has 4 rings (SSSR count). The molecule has 0 spiro atoms. The number of aromatic nitrogens is 2. The second-order valence-corrected chi connectivity index (χ2v) is 6.49. The molecule has 1 amide bonds. The maximum absolute atomic E-state index is 12.9. The lowest BCUT2D eigenvalue weighted by Crippen LogP contribution is -2.58. The Balaban J connectivity index is 1.76. The number of carbonyl (C=O) groups is 1. The Bertz CT molecular complexity index is 822. The highest BCUT2D eigenvalue weighted by Gasteiger charge is 2.44. The minimum Gasteiger partial charge on any atom is -0.337 e. The molecule has 6 nitrogen and oxygen atoms in total. The fourth-order valence-corrected chi connectivity index (χ4v) is 3.60. The number of quaternary nitrogens is 1. The number of imidazole rings is 1. The van der Waals surface area contributed by atoms with Crippen LogP contribution in [-0.2, 0) is 19.4 Å². The van der Waals surface area contributed by atoms with Gasteiger partial charge < -0.3 is 10.7 Å². The fourth-order valence-electron chi connectivity index (χ4n) is 3.60. The van der Waals surface area contributed by atoms with Crippen molar-refractivity contribution in [2.24, 2.45) is 10.7 Å². The van der Waals surface area contributed by atoms with E-state index in [1.165, 1.54) is 35.9 Å². The molecule has 0 saturated carbocycles. The van der Waals surface area contributed by atoms with E-state index in [9.17, 15) is 4.79 Å². The predicted molar refractivity (Wildman–Crippen MR) is 87.2 cm³/mol. The molecule has 0 saturated heterocycles. The molecule has 1 atom stereocenters. The Morgan fingerprint density at radius 3 is 3.00 bits per heavy atom. The van der Waals surface area contributed by atoms with Gasteiger partial charge >= 0.3 is 11.9 Å². The summed E-state index contributed by atoms with van der Waals surface area (Å²) in [6, 6.07) is 6.38. The van der Waals surface area contributed by atoms with Crippen molar-refractivity contribution in [3.63, 3.8) is 0 Å². The zero-order valence-corrected chi connectivity index (χ0v) is 13.2. The van der Waals surface area contributed by atoms with Crippen LogP contribution in [0.15, 0.2) is 29.5 Å². The van der Waals surface area contributed by atoms with Gasteiger partial charge in [0.25, 0.3) is 0 Å². The minimum atomic E-state index is -0.0848. The highest BCUT2D eigenvalue weighted by atomic mass is 16.2. The van der Waals surface area contributed by atoms with Gasteiger partial charge in [0.15, 0.2) is 11.5 Å². The smallest absolute Gasteiger partial charge is 0.337 e. The van der Waals surface area contributed by atoms with Gasteiger partial charge in [0.05, 0.1) is 13.4 Å². The molecule has 2 heterocycles. The summed E-state index contributed by atoms with van der Waals surface area (Å²) in [6.45, 7) is 0.524. The van der Waals surface area contributed by atoms with Gasteiger partial charge in [-0.1, -0.05) is 18.2 Å². The number of hydrogen-bond acceptors (Lipinski definition) is 4. The monoisotopic (exact) mass is 310 g/mol. The van der Waals surface area contributed by atoms with Crippen LogP contribution in [0.2, 0.25) is 0 Å². The van der Waals surface area contributed by atoms with Crippen LogP contribution in [0, 0.1) is 0 Å². The van der Waals surface area contributed by atoms with Crippen LogP contribution in [0.3, 0.4) is 0 Å². The molecule has 23 heavy (non-hydrogen) atoms. The zero-order chi connectivity index (χ0) is 16.0. The number of H-pyrrole nitrogens is 1. The number of aromatic amines is 1. The van der Waals surface area contributed by atoms with Crippen molar-refractivity contribution in [3.8, 4) is 0 Å². The molecule has 2 aliphatic rings. The first kappa shape index (κ1) is 14.1. The first-order valence-corrected chi connectivity index (χ1v) is 7.98. The Morgan fingerprint density at radius 2 is 2.13 bits per heavy atom. The van der Waals surface area contributed by atoms with Crippen LogP contribution in [0.25, 0.3) is 0 Å². The van der Waals surface area contributed by atoms with Gasteiger partial charge in [-0.3, -0.25) is 0 Å². The molecule has 118 valence electrons. The number of amides is 1. The molecule has 6 heteroatoms. The van der Waals surface area contributed by atoms with E-state index in [1.54, 1.807) is 0 Å². The van der Waals surface area contributed by atoms with Gasteiger partial charge in [0.2, 0.25) is 0 Å². The van der Waals surface area contributed by atoms with Crippen LogP contribution < -0.4 is 5.73 Å². The number of nitrogens with zero attached hydrogens (tertiary/aromatic N) is 3. The second kappa shape index (κ2) is 5.03. The SMILES string of the molecule is C[N+]1(Cc2cccc3c2CCCC3)C(=O)c2[nH]cnc2N=C1N. The summed E-state index contributed by atoms with van der Waals surface area (Å²) in [5, 5.41) is 0. The molecule has 0 bridgehead atoms. The number of aryl methyl sites for hydroxylation is 1. The molecule has 2 aromatic rings. The van der Waals surface area contributed by atoms with Crippen LogP contribution in [0.4, 0.5) is 5.82 Å². The lowest BCUT2D eigenvalue weighted by Gasteiger charge is -2.32. The van der Waals surface area contributed by atoms with Gasteiger partial charge in [0.1, 0.15) is 6.54 Å². The third-order valence-electron chi connectivity index (χ3n) is 4.99. The molecular weight excluding hydrogens is 290 g/mol. The largest absolute Gasteiger partial charge is 0.373 e. The normalized spacial score (nSPS) is 23.2. The first-order valence-electron chi connectivity index (χ1n) is 7.98. The van der Waals surface area contributed by atoms with Gasteiger partial charge in [-0.15, -0.1) is 0 Å². The lowest BCUT2D eigenvalue weighted by molar-refractivity contribution is -0.751. The maximum atomic E-state index is 12.9. The van der Waals surface area contributed by atoms with Crippen molar-refractivity contribution in [2.75, 3.05) is 7.05 Å². The maximum Gasteiger partial charge on any atom is 0.373 e. The van der Waals surface area contributed by atoms with E-state index in [0.717, 1.165) is 12.8 Å². The summed E-state index contributed by atoms with van der Waals surface area (Å²) in [4.78, 5) is 24.2. The summed E-state index contributed by atoms with van der Waals surface area (Å²) in [5.74, 6) is 0.597. The molecule has 0 radical (unpaired) electrons. The molecule has 1 aromatic carbocycles. The Kier molecular flexibility index (Phi) is 3.09. The summed E-state index contributed by atoms with van der Waals surface area (Å²) in [6.07, 6.45) is 6.12. The van der Waals surface area contributed by atoms with E-state index in [4.69, 9.17) is 5.73 Å².